The van der Waals surface area contributed by atoms with Crippen molar-refractivity contribution in [2.24, 2.45) is 0 Å². The predicted octanol–water partition coefficient (Wildman–Crippen LogP) is 4.58. The summed E-state index contributed by atoms with van der Waals surface area (Å²) in [5, 5.41) is 26.6. The molecule has 0 aliphatic rings. The normalized spacial score (nSPS) is 12.2. The van der Waals surface area contributed by atoms with Crippen LogP contribution < -0.4 is 0 Å². The fourth-order valence-electron chi connectivity index (χ4n) is 3.70. The van der Waals surface area contributed by atoms with Crippen molar-refractivity contribution in [3.63, 3.8) is 0 Å². The number of carboxylic acids is 1. The van der Waals surface area contributed by atoms with Crippen LogP contribution in [-0.4, -0.2) is 16.2 Å². The number of carboxylic acid groups (broad SMARTS) is 1. The van der Waals surface area contributed by atoms with E-state index in [9.17, 15) is 15.0 Å². The Kier molecular flexibility index (Phi) is 1.88. The first kappa shape index (κ1) is 11.6. The third-order valence-electron chi connectivity index (χ3n) is 4.61. The van der Waals surface area contributed by atoms with Crippen LogP contribution in [0.15, 0.2) is 48.5 Å². The largest absolute Gasteiger partial charge is 0.507 e. The van der Waals surface area contributed by atoms with Crippen LogP contribution in [0, 0.1) is 0 Å². The van der Waals surface area contributed by atoms with Gasteiger partial charge in [0.2, 0.25) is 0 Å². The van der Waals surface area contributed by atoms with Gasteiger partial charge in [0.05, 0.1) is 5.56 Å². The van der Waals surface area contributed by atoms with Crippen LogP contribution in [0.1, 0.15) is 10.4 Å². The Morgan fingerprint density at radius 1 is 0.636 bits per heavy atom. The minimum Gasteiger partial charge on any atom is -0.507 e. The Balaban J connectivity index is 2.28. The molecule has 0 unspecified atom stereocenters. The summed E-state index contributed by atoms with van der Waals surface area (Å²) in [6.45, 7) is 0. The van der Waals surface area contributed by atoms with Crippen LogP contribution in [0.3, 0.4) is 0 Å². The number of rotatable bonds is 1. The molecule has 0 heterocycles. The number of benzene rings is 7. The van der Waals surface area contributed by atoms with Crippen LogP contribution in [0.2, 0.25) is 0 Å². The van der Waals surface area contributed by atoms with Gasteiger partial charge in [-0.25, -0.2) is 4.79 Å². The lowest BCUT2D eigenvalue weighted by molar-refractivity contribution is 0.0701. The first-order valence-electron chi connectivity index (χ1n) is 7.04. The number of phenols is 1. The molecule has 0 aliphatic carbocycles. The van der Waals surface area contributed by atoms with Crippen molar-refractivity contribution in [2.45, 2.75) is 0 Å². The van der Waals surface area contributed by atoms with Crippen LogP contribution in [-0.2, 0) is 0 Å². The van der Waals surface area contributed by atoms with Crippen molar-refractivity contribution >= 4 is 49.1 Å². The molecule has 0 aliphatic heterocycles. The van der Waals surface area contributed by atoms with Gasteiger partial charge in [-0.3, -0.25) is 0 Å². The molecule has 22 heavy (non-hydrogen) atoms. The first-order valence-corrected chi connectivity index (χ1v) is 7.04. The van der Waals surface area contributed by atoms with Gasteiger partial charge < -0.3 is 10.2 Å². The Labute approximate surface area is 124 Å². The van der Waals surface area contributed by atoms with Gasteiger partial charge >= 0.3 is 5.97 Å². The second-order valence-corrected chi connectivity index (χ2v) is 5.68. The van der Waals surface area contributed by atoms with E-state index in [4.69, 9.17) is 0 Å². The molecule has 104 valence electrons. The van der Waals surface area contributed by atoms with Crippen LogP contribution in [0.4, 0.5) is 0 Å². The second kappa shape index (κ2) is 3.57. The molecule has 0 saturated carbocycles. The summed E-state index contributed by atoms with van der Waals surface area (Å²) in [7, 11) is 0. The zero-order chi connectivity index (χ0) is 15.0. The molecule has 0 atom stereocenters. The van der Waals surface area contributed by atoms with Crippen molar-refractivity contribution in [3.8, 4) is 5.75 Å². The molecular weight excluding hydrogens is 276 g/mol. The molecule has 2 N–H and O–H groups in total. The second-order valence-electron chi connectivity index (χ2n) is 5.68. The van der Waals surface area contributed by atoms with Gasteiger partial charge in [-0.1, -0.05) is 48.5 Å². The lowest BCUT2D eigenvalue weighted by Crippen LogP contribution is -2.02. The molecule has 0 spiro atoms. The number of aromatic hydroxyl groups is 1. The fraction of sp³-hybridized carbons (Fsp3) is 0. The molecule has 7 aromatic rings. The first-order chi connectivity index (χ1) is 10.7. The Morgan fingerprint density at radius 2 is 0.955 bits per heavy atom. The minimum atomic E-state index is -0.961. The van der Waals surface area contributed by atoms with E-state index in [1.165, 1.54) is 0 Å². The molecular formula is C19H10O3. The standard InChI is InChI=1S/C19H10O3/c20-18-15-11-5-1-9(2-6-11)13(15)17(19(21)22)14-10-3-7-12(8-4-10)16(14)18/h1-8,20H,(H,21,22). The lowest BCUT2D eigenvalue weighted by Gasteiger charge is -2.17. The highest BCUT2D eigenvalue weighted by Gasteiger charge is 2.23. The Morgan fingerprint density at radius 3 is 1.27 bits per heavy atom. The average molecular weight is 286 g/mol. The zero-order valence-corrected chi connectivity index (χ0v) is 11.4. The summed E-state index contributed by atoms with van der Waals surface area (Å²) in [5.74, 6) is -0.783. The third kappa shape index (κ3) is 1.16. The van der Waals surface area contributed by atoms with E-state index < -0.39 is 5.97 Å². The maximum Gasteiger partial charge on any atom is 0.337 e. The van der Waals surface area contributed by atoms with E-state index in [-0.39, 0.29) is 11.3 Å². The van der Waals surface area contributed by atoms with E-state index in [1.54, 1.807) is 0 Å². The van der Waals surface area contributed by atoms with Crippen molar-refractivity contribution in [3.05, 3.63) is 54.1 Å². The van der Waals surface area contributed by atoms with Crippen molar-refractivity contribution in [2.75, 3.05) is 0 Å². The number of hydrogen-bond donors (Lipinski definition) is 2. The molecule has 4 bridgehead atoms. The lowest BCUT2D eigenvalue weighted by atomic mass is 9.86. The van der Waals surface area contributed by atoms with Gasteiger partial charge in [0.25, 0.3) is 0 Å². The van der Waals surface area contributed by atoms with Crippen LogP contribution in [0.5, 0.6) is 5.75 Å². The highest BCUT2D eigenvalue weighted by molar-refractivity contribution is 6.33. The van der Waals surface area contributed by atoms with Gasteiger partial charge in [0, 0.05) is 21.5 Å². The number of carbonyl (C=O) groups is 1. The molecule has 7 rings (SSSR count). The van der Waals surface area contributed by atoms with Gasteiger partial charge in [-0.15, -0.1) is 0 Å². The van der Waals surface area contributed by atoms with E-state index in [2.05, 4.69) is 0 Å². The molecule has 0 amide bonds. The summed E-state index contributed by atoms with van der Waals surface area (Å²) in [6.07, 6.45) is 0. The predicted molar refractivity (Wildman–Crippen MR) is 87.5 cm³/mol. The fourth-order valence-corrected chi connectivity index (χ4v) is 3.70. The summed E-state index contributed by atoms with van der Waals surface area (Å²) in [5.41, 5.74) is 0.283. The Hall–Kier alpha value is -3.07. The molecule has 0 radical (unpaired) electrons. The summed E-state index contributed by atoms with van der Waals surface area (Å²) in [4.78, 5) is 12.0. The van der Waals surface area contributed by atoms with E-state index in [0.29, 0.717) is 21.5 Å². The van der Waals surface area contributed by atoms with Gasteiger partial charge in [-0.2, -0.15) is 0 Å². The highest BCUT2D eigenvalue weighted by atomic mass is 16.4. The summed E-state index contributed by atoms with van der Waals surface area (Å²) in [6, 6.07) is 15.3. The SMILES string of the molecule is O=C(O)c1c2c3ccc(cc3)c2c(O)c2c3ccc(cc3)c12. The molecule has 3 nitrogen and oxygen atoms in total. The molecule has 7 aromatic carbocycles. The molecule has 3 heteroatoms. The Bertz CT molecular complexity index is 1080. The number of phenolic OH excluding ortho intramolecular Hbond substituents is 1. The maximum atomic E-state index is 12.0. The summed E-state index contributed by atoms with van der Waals surface area (Å²) < 4.78 is 0. The summed E-state index contributed by atoms with van der Waals surface area (Å²) >= 11 is 0. The zero-order valence-electron chi connectivity index (χ0n) is 11.4. The van der Waals surface area contributed by atoms with E-state index in [1.807, 2.05) is 48.5 Å². The average Bonchev–Trinajstić information content (AvgIpc) is 2.56. The number of aromatic carboxylic acids is 1. The minimum absolute atomic E-state index is 0.178. The van der Waals surface area contributed by atoms with E-state index in [0.717, 1.165) is 21.5 Å². The van der Waals surface area contributed by atoms with Crippen LogP contribution >= 0.6 is 0 Å². The maximum absolute atomic E-state index is 12.0. The van der Waals surface area contributed by atoms with Crippen LogP contribution in [0.25, 0.3) is 43.1 Å². The third-order valence-corrected chi connectivity index (χ3v) is 4.61. The topological polar surface area (TPSA) is 57.5 Å². The number of hydrogen-bond acceptors (Lipinski definition) is 2. The molecule has 0 fully saturated rings. The van der Waals surface area contributed by atoms with Crippen molar-refractivity contribution < 1.29 is 15.0 Å². The quantitative estimate of drug-likeness (QED) is 0.443. The van der Waals surface area contributed by atoms with E-state index >= 15 is 0 Å². The van der Waals surface area contributed by atoms with Crippen molar-refractivity contribution in [1.29, 1.82) is 0 Å². The molecule has 0 saturated heterocycles. The van der Waals surface area contributed by atoms with Gasteiger partial charge in [0.15, 0.2) is 0 Å². The smallest absolute Gasteiger partial charge is 0.337 e. The van der Waals surface area contributed by atoms with Gasteiger partial charge in [-0.05, 0) is 21.5 Å². The monoisotopic (exact) mass is 286 g/mol. The van der Waals surface area contributed by atoms with Crippen molar-refractivity contribution in [1.82, 2.24) is 0 Å². The molecule has 0 aromatic heterocycles. The number of fused-ring (bicyclic) bond motifs is 4. The van der Waals surface area contributed by atoms with Gasteiger partial charge in [0.1, 0.15) is 5.75 Å². The highest BCUT2D eigenvalue weighted by Crippen LogP contribution is 2.46.